The monoisotopic (exact) mass is 407 g/mol. The van der Waals surface area contributed by atoms with E-state index in [0.717, 1.165) is 23.4 Å². The first-order chi connectivity index (χ1) is 13.2. The fraction of sp³-hybridized carbons (Fsp3) is 0.350. The first-order valence-corrected chi connectivity index (χ1v) is 9.56. The molecule has 1 aromatic carbocycles. The molecule has 1 aromatic heterocycles. The second-order valence-electron chi connectivity index (χ2n) is 6.26. The van der Waals surface area contributed by atoms with E-state index in [1.807, 2.05) is 37.3 Å². The number of carbonyl (C=O) groups is 1. The highest BCUT2D eigenvalue weighted by Gasteiger charge is 2.36. The quantitative estimate of drug-likeness (QED) is 0.682. The highest BCUT2D eigenvalue weighted by molar-refractivity contribution is 8.00. The third-order valence-corrected chi connectivity index (χ3v) is 5.46. The van der Waals surface area contributed by atoms with Gasteiger partial charge in [0.2, 0.25) is 5.91 Å². The topological polar surface area (TPSA) is 65.8 Å². The number of nitrogens with zero attached hydrogens (tertiary/aromatic N) is 2. The summed E-state index contributed by atoms with van der Waals surface area (Å²) in [7, 11) is 0. The second kappa shape index (κ2) is 9.11. The van der Waals surface area contributed by atoms with Gasteiger partial charge >= 0.3 is 6.18 Å². The summed E-state index contributed by atoms with van der Waals surface area (Å²) in [6.45, 7) is 5.02. The fourth-order valence-electron chi connectivity index (χ4n) is 2.65. The van der Waals surface area contributed by atoms with E-state index < -0.39 is 22.6 Å². The van der Waals surface area contributed by atoms with Crippen molar-refractivity contribution in [2.75, 3.05) is 0 Å². The molecule has 0 radical (unpaired) electrons. The average Bonchev–Trinajstić information content (AvgIpc) is 2.65. The van der Waals surface area contributed by atoms with Gasteiger partial charge in [-0.3, -0.25) is 4.79 Å². The predicted molar refractivity (Wildman–Crippen MR) is 102 cm³/mol. The zero-order valence-corrected chi connectivity index (χ0v) is 16.5. The zero-order chi connectivity index (χ0) is 20.9. The molecular formula is C20H20F3N3OS. The molecule has 1 heterocycles. The molecule has 4 nitrogen and oxygen atoms in total. The molecule has 1 amide bonds. The Morgan fingerprint density at radius 2 is 1.96 bits per heavy atom. The maximum absolute atomic E-state index is 13.3. The molecule has 2 atom stereocenters. The minimum atomic E-state index is -4.67. The maximum atomic E-state index is 13.3. The largest absolute Gasteiger partial charge is 0.417 e. The Hall–Kier alpha value is -2.53. The number of nitriles is 1. The summed E-state index contributed by atoms with van der Waals surface area (Å²) in [5.74, 6) is -0.315. The average molecular weight is 407 g/mol. The number of hydrogen-bond donors (Lipinski definition) is 1. The van der Waals surface area contributed by atoms with Gasteiger partial charge < -0.3 is 5.32 Å². The van der Waals surface area contributed by atoms with Gasteiger partial charge in [0, 0.05) is 5.69 Å². The number of halogens is 3. The van der Waals surface area contributed by atoms with Crippen LogP contribution in [-0.4, -0.2) is 16.1 Å². The Morgan fingerprint density at radius 1 is 1.32 bits per heavy atom. The molecule has 2 aromatic rings. The number of carbonyl (C=O) groups excluding carboxylic acids is 1. The summed E-state index contributed by atoms with van der Waals surface area (Å²) in [5.41, 5.74) is -0.522. The predicted octanol–water partition coefficient (Wildman–Crippen LogP) is 5.03. The normalized spacial score (nSPS) is 13.5. The smallest absolute Gasteiger partial charge is 0.349 e. The van der Waals surface area contributed by atoms with E-state index >= 15 is 0 Å². The van der Waals surface area contributed by atoms with E-state index in [2.05, 4.69) is 10.3 Å². The van der Waals surface area contributed by atoms with Crippen molar-refractivity contribution in [3.8, 4) is 6.07 Å². The van der Waals surface area contributed by atoms with Gasteiger partial charge in [-0.15, -0.1) is 0 Å². The molecule has 0 fully saturated rings. The van der Waals surface area contributed by atoms with Crippen molar-refractivity contribution in [1.29, 1.82) is 5.26 Å². The lowest BCUT2D eigenvalue weighted by atomic mass is 10.1. The minimum Gasteiger partial charge on any atom is -0.349 e. The first-order valence-electron chi connectivity index (χ1n) is 8.68. The van der Waals surface area contributed by atoms with Crippen LogP contribution in [0.5, 0.6) is 0 Å². The van der Waals surface area contributed by atoms with Gasteiger partial charge in [-0.1, -0.05) is 49.0 Å². The third kappa shape index (κ3) is 5.26. The van der Waals surface area contributed by atoms with Crippen LogP contribution in [0.4, 0.5) is 13.2 Å². The highest BCUT2D eigenvalue weighted by atomic mass is 32.2. The van der Waals surface area contributed by atoms with Crippen LogP contribution in [-0.2, 0) is 11.0 Å². The lowest BCUT2D eigenvalue weighted by Gasteiger charge is -2.20. The number of alkyl halides is 3. The maximum Gasteiger partial charge on any atom is 0.417 e. The van der Waals surface area contributed by atoms with Gasteiger partial charge in [-0.25, -0.2) is 4.98 Å². The summed E-state index contributed by atoms with van der Waals surface area (Å²) < 4.78 is 39.8. The number of amides is 1. The lowest BCUT2D eigenvalue weighted by molar-refractivity contribution is -0.138. The van der Waals surface area contributed by atoms with Gasteiger partial charge in [-0.05, 0) is 31.9 Å². The molecule has 0 aliphatic rings. The number of nitrogens with one attached hydrogen (secondary N) is 1. The minimum absolute atomic E-state index is 0.0795. The zero-order valence-electron chi connectivity index (χ0n) is 15.7. The lowest BCUT2D eigenvalue weighted by Crippen LogP contribution is -2.34. The molecule has 1 N–H and O–H groups in total. The van der Waals surface area contributed by atoms with Gasteiger partial charge in [0.25, 0.3) is 0 Å². The van der Waals surface area contributed by atoms with Crippen LogP contribution in [0.3, 0.4) is 0 Å². The molecular weight excluding hydrogens is 387 g/mol. The van der Waals surface area contributed by atoms with E-state index in [-0.39, 0.29) is 22.7 Å². The summed E-state index contributed by atoms with van der Waals surface area (Å²) >= 11 is 0.884. The molecule has 2 unspecified atom stereocenters. The Balaban J connectivity index is 2.26. The number of thioether (sulfide) groups is 1. The summed E-state index contributed by atoms with van der Waals surface area (Å²) in [6, 6.07) is 11.5. The molecule has 0 spiro atoms. The Kier molecular flexibility index (Phi) is 7.08. The van der Waals surface area contributed by atoms with Gasteiger partial charge in [0.15, 0.2) is 0 Å². The van der Waals surface area contributed by atoms with Crippen LogP contribution >= 0.6 is 11.8 Å². The van der Waals surface area contributed by atoms with Crippen molar-refractivity contribution < 1.29 is 18.0 Å². The molecule has 0 saturated carbocycles. The number of pyridine rings is 1. The fourth-order valence-corrected chi connectivity index (χ4v) is 3.73. The Labute approximate surface area is 166 Å². The van der Waals surface area contributed by atoms with Crippen molar-refractivity contribution in [3.63, 3.8) is 0 Å². The van der Waals surface area contributed by atoms with E-state index in [1.165, 1.54) is 6.92 Å². The number of benzene rings is 1. The van der Waals surface area contributed by atoms with Crippen LogP contribution in [0.2, 0.25) is 0 Å². The molecule has 2 rings (SSSR count). The Morgan fingerprint density at radius 3 is 2.50 bits per heavy atom. The van der Waals surface area contributed by atoms with Gasteiger partial charge in [0.1, 0.15) is 11.1 Å². The summed E-state index contributed by atoms with van der Waals surface area (Å²) in [4.78, 5) is 16.7. The van der Waals surface area contributed by atoms with Crippen LogP contribution in [0.25, 0.3) is 0 Å². The molecule has 148 valence electrons. The standard InChI is InChI=1S/C20H20F3N3OS/c1-4-17(18(27)26-13(3)14-8-6-5-7-9-14)28-19-15(11-24)16(20(21,22)23)10-12(2)25-19/h5-10,13,17H,4H2,1-3H3,(H,26,27). The number of aromatic nitrogens is 1. The van der Waals surface area contributed by atoms with Crippen molar-refractivity contribution >= 4 is 17.7 Å². The summed E-state index contributed by atoms with van der Waals surface area (Å²) in [5, 5.41) is 11.4. The molecule has 8 heteroatoms. The van der Waals surface area contributed by atoms with E-state index in [1.54, 1.807) is 13.0 Å². The van der Waals surface area contributed by atoms with Crippen molar-refractivity contribution in [1.82, 2.24) is 10.3 Å². The molecule has 28 heavy (non-hydrogen) atoms. The number of rotatable bonds is 6. The SMILES string of the molecule is CCC(Sc1nc(C)cc(C(F)(F)F)c1C#N)C(=O)NC(C)c1ccccc1. The molecule has 0 saturated heterocycles. The van der Waals surface area contributed by atoms with E-state index in [0.29, 0.717) is 6.42 Å². The van der Waals surface area contributed by atoms with E-state index in [4.69, 9.17) is 0 Å². The molecule has 0 aliphatic carbocycles. The van der Waals surface area contributed by atoms with E-state index in [9.17, 15) is 23.2 Å². The number of aryl methyl sites for hydroxylation is 1. The first kappa shape index (κ1) is 21.8. The van der Waals surface area contributed by atoms with Crippen molar-refractivity contribution in [3.05, 3.63) is 58.8 Å². The van der Waals surface area contributed by atoms with Crippen molar-refractivity contribution in [2.45, 2.75) is 49.7 Å². The second-order valence-corrected chi connectivity index (χ2v) is 7.45. The van der Waals surface area contributed by atoms with Crippen LogP contribution in [0, 0.1) is 18.3 Å². The van der Waals surface area contributed by atoms with Crippen LogP contribution < -0.4 is 5.32 Å². The summed E-state index contributed by atoms with van der Waals surface area (Å²) in [6.07, 6.45) is -4.29. The van der Waals surface area contributed by atoms with Gasteiger partial charge in [-0.2, -0.15) is 18.4 Å². The van der Waals surface area contributed by atoms with Crippen molar-refractivity contribution in [2.24, 2.45) is 0 Å². The van der Waals surface area contributed by atoms with Crippen LogP contribution in [0.1, 0.15) is 48.7 Å². The molecule has 0 aliphatic heterocycles. The highest BCUT2D eigenvalue weighted by Crippen LogP contribution is 2.37. The van der Waals surface area contributed by atoms with Gasteiger partial charge in [0.05, 0.1) is 22.4 Å². The third-order valence-electron chi connectivity index (χ3n) is 4.11. The Bertz CT molecular complexity index is 879. The molecule has 0 bridgehead atoms. The van der Waals surface area contributed by atoms with Crippen LogP contribution in [0.15, 0.2) is 41.4 Å². The number of hydrogen-bond acceptors (Lipinski definition) is 4.